The van der Waals surface area contributed by atoms with Crippen molar-refractivity contribution in [3.05, 3.63) is 54.6 Å². The standard InChI is InChI=1S/C23H27N3O4/c1-4-14-30-19-12-10-17(11-13-19)24-21(27)15-20-22(28)26(18-8-6-5-7-9-18)23(29)25(20)16(2)3/h5-13,16,20H,4,14-15H2,1-3H3,(H,24,27)/t20-/m0/s1. The number of anilines is 2. The lowest BCUT2D eigenvalue weighted by Gasteiger charge is -2.25. The Morgan fingerprint density at radius 1 is 1.07 bits per heavy atom. The van der Waals surface area contributed by atoms with Gasteiger partial charge in [-0.15, -0.1) is 0 Å². The van der Waals surface area contributed by atoms with E-state index >= 15 is 0 Å². The number of benzene rings is 2. The van der Waals surface area contributed by atoms with Gasteiger partial charge in [-0.25, -0.2) is 9.69 Å². The molecule has 1 atom stereocenters. The molecule has 7 heteroatoms. The Bertz CT molecular complexity index is 896. The zero-order chi connectivity index (χ0) is 21.7. The molecule has 30 heavy (non-hydrogen) atoms. The summed E-state index contributed by atoms with van der Waals surface area (Å²) < 4.78 is 5.54. The molecule has 158 valence electrons. The second-order valence-electron chi connectivity index (χ2n) is 7.43. The average molecular weight is 409 g/mol. The van der Waals surface area contributed by atoms with Crippen LogP contribution in [0.2, 0.25) is 0 Å². The van der Waals surface area contributed by atoms with E-state index in [1.54, 1.807) is 48.5 Å². The maximum Gasteiger partial charge on any atom is 0.332 e. The highest BCUT2D eigenvalue weighted by Crippen LogP contribution is 2.28. The number of nitrogens with one attached hydrogen (secondary N) is 1. The van der Waals surface area contributed by atoms with Crippen LogP contribution in [0.15, 0.2) is 54.6 Å². The number of carbonyl (C=O) groups excluding carboxylic acids is 3. The fraction of sp³-hybridized carbons (Fsp3) is 0.348. The van der Waals surface area contributed by atoms with E-state index in [0.29, 0.717) is 18.0 Å². The van der Waals surface area contributed by atoms with Gasteiger partial charge in [-0.2, -0.15) is 0 Å². The van der Waals surface area contributed by atoms with Crippen LogP contribution in [0.25, 0.3) is 0 Å². The van der Waals surface area contributed by atoms with Crippen molar-refractivity contribution in [1.29, 1.82) is 0 Å². The molecule has 1 fully saturated rings. The number of hydrogen-bond donors (Lipinski definition) is 1. The minimum atomic E-state index is -0.843. The third-order valence-corrected chi connectivity index (χ3v) is 4.81. The van der Waals surface area contributed by atoms with Gasteiger partial charge in [0.2, 0.25) is 5.91 Å². The number of amides is 4. The maximum absolute atomic E-state index is 13.0. The van der Waals surface area contributed by atoms with Gasteiger partial charge in [0, 0.05) is 11.7 Å². The molecule has 1 saturated heterocycles. The molecule has 0 radical (unpaired) electrons. The van der Waals surface area contributed by atoms with Crippen molar-refractivity contribution < 1.29 is 19.1 Å². The van der Waals surface area contributed by atoms with Crippen LogP contribution in [0.3, 0.4) is 0 Å². The number of hydrogen-bond acceptors (Lipinski definition) is 4. The van der Waals surface area contributed by atoms with Crippen LogP contribution in [-0.4, -0.2) is 41.4 Å². The number of para-hydroxylation sites is 1. The molecule has 4 amide bonds. The highest BCUT2D eigenvalue weighted by molar-refractivity contribution is 6.22. The lowest BCUT2D eigenvalue weighted by atomic mass is 10.1. The molecule has 7 nitrogen and oxygen atoms in total. The predicted molar refractivity (Wildman–Crippen MR) is 116 cm³/mol. The van der Waals surface area contributed by atoms with E-state index in [-0.39, 0.29) is 18.4 Å². The summed E-state index contributed by atoms with van der Waals surface area (Å²) in [6.45, 7) is 6.33. The van der Waals surface area contributed by atoms with Crippen LogP contribution in [0, 0.1) is 0 Å². The van der Waals surface area contributed by atoms with Crippen LogP contribution in [0.5, 0.6) is 5.75 Å². The summed E-state index contributed by atoms with van der Waals surface area (Å²) in [5, 5.41) is 2.80. The molecule has 1 heterocycles. The largest absolute Gasteiger partial charge is 0.494 e. The Balaban J connectivity index is 1.71. The van der Waals surface area contributed by atoms with Crippen LogP contribution < -0.4 is 15.0 Å². The van der Waals surface area contributed by atoms with Gasteiger partial charge in [-0.3, -0.25) is 9.59 Å². The molecule has 1 aliphatic rings. The molecule has 0 spiro atoms. The predicted octanol–water partition coefficient (Wildman–Crippen LogP) is 4.05. The number of ether oxygens (including phenoxy) is 1. The smallest absolute Gasteiger partial charge is 0.332 e. The Morgan fingerprint density at radius 3 is 2.33 bits per heavy atom. The monoisotopic (exact) mass is 409 g/mol. The van der Waals surface area contributed by atoms with Gasteiger partial charge < -0.3 is 15.0 Å². The second-order valence-corrected chi connectivity index (χ2v) is 7.43. The summed E-state index contributed by atoms with van der Waals surface area (Å²) in [5.41, 5.74) is 1.11. The summed E-state index contributed by atoms with van der Waals surface area (Å²) in [5.74, 6) is 0.0122. The van der Waals surface area contributed by atoms with E-state index in [1.807, 2.05) is 26.8 Å². The zero-order valence-electron chi connectivity index (χ0n) is 17.5. The van der Waals surface area contributed by atoms with E-state index in [0.717, 1.165) is 17.1 Å². The topological polar surface area (TPSA) is 79.0 Å². The van der Waals surface area contributed by atoms with Gasteiger partial charge in [-0.1, -0.05) is 25.1 Å². The second kappa shape index (κ2) is 9.43. The number of urea groups is 1. The third kappa shape index (κ3) is 4.62. The van der Waals surface area contributed by atoms with Gasteiger partial charge in [0.05, 0.1) is 18.7 Å². The van der Waals surface area contributed by atoms with Crippen LogP contribution >= 0.6 is 0 Å². The number of carbonyl (C=O) groups is 3. The Labute approximate surface area is 176 Å². The van der Waals surface area contributed by atoms with Crippen molar-refractivity contribution in [2.24, 2.45) is 0 Å². The fourth-order valence-corrected chi connectivity index (χ4v) is 3.43. The van der Waals surface area contributed by atoms with Crippen LogP contribution in [0.4, 0.5) is 16.2 Å². The molecule has 0 aliphatic carbocycles. The SMILES string of the molecule is CCCOc1ccc(NC(=O)C[C@H]2C(=O)N(c3ccccc3)C(=O)N2C(C)C)cc1. The van der Waals surface area contributed by atoms with Gasteiger partial charge in [0.25, 0.3) is 5.91 Å². The van der Waals surface area contributed by atoms with Gasteiger partial charge in [0.15, 0.2) is 0 Å². The molecule has 0 aromatic heterocycles. The Morgan fingerprint density at radius 2 is 1.73 bits per heavy atom. The first-order valence-corrected chi connectivity index (χ1v) is 10.2. The molecule has 2 aromatic rings. The quantitative estimate of drug-likeness (QED) is 0.667. The highest BCUT2D eigenvalue weighted by Gasteiger charge is 2.47. The van der Waals surface area contributed by atoms with Crippen molar-refractivity contribution in [2.45, 2.75) is 45.7 Å². The lowest BCUT2D eigenvalue weighted by molar-refractivity contribution is -0.124. The lowest BCUT2D eigenvalue weighted by Crippen LogP contribution is -2.42. The molecular weight excluding hydrogens is 382 g/mol. The normalized spacial score (nSPS) is 16.3. The Kier molecular flexibility index (Phi) is 6.72. The average Bonchev–Trinajstić information content (AvgIpc) is 2.97. The molecule has 2 aromatic carbocycles. The van der Waals surface area contributed by atoms with Crippen LogP contribution in [0.1, 0.15) is 33.6 Å². The molecule has 0 bridgehead atoms. The first kappa shape index (κ1) is 21.4. The number of nitrogens with zero attached hydrogens (tertiary/aromatic N) is 2. The summed E-state index contributed by atoms with van der Waals surface area (Å²) >= 11 is 0. The Hall–Kier alpha value is -3.35. The summed E-state index contributed by atoms with van der Waals surface area (Å²) in [4.78, 5) is 41.2. The molecular formula is C23H27N3O4. The van der Waals surface area contributed by atoms with E-state index in [9.17, 15) is 14.4 Å². The minimum Gasteiger partial charge on any atom is -0.494 e. The molecule has 0 saturated carbocycles. The summed E-state index contributed by atoms with van der Waals surface area (Å²) in [7, 11) is 0. The highest BCUT2D eigenvalue weighted by atomic mass is 16.5. The first-order valence-electron chi connectivity index (χ1n) is 10.2. The fourth-order valence-electron chi connectivity index (χ4n) is 3.43. The zero-order valence-corrected chi connectivity index (χ0v) is 17.5. The molecule has 1 aliphatic heterocycles. The molecule has 3 rings (SSSR count). The van der Waals surface area contributed by atoms with Crippen LogP contribution in [-0.2, 0) is 9.59 Å². The summed E-state index contributed by atoms with van der Waals surface area (Å²) in [6, 6.07) is 14.4. The molecule has 1 N–H and O–H groups in total. The van der Waals surface area contributed by atoms with Crippen molar-refractivity contribution in [3.8, 4) is 5.75 Å². The van der Waals surface area contributed by atoms with E-state index in [1.165, 1.54) is 4.90 Å². The first-order chi connectivity index (χ1) is 14.4. The summed E-state index contributed by atoms with van der Waals surface area (Å²) in [6.07, 6.45) is 0.805. The van der Waals surface area contributed by atoms with E-state index in [2.05, 4.69) is 5.32 Å². The third-order valence-electron chi connectivity index (χ3n) is 4.81. The van der Waals surface area contributed by atoms with E-state index in [4.69, 9.17) is 4.74 Å². The van der Waals surface area contributed by atoms with Crippen molar-refractivity contribution in [3.63, 3.8) is 0 Å². The maximum atomic E-state index is 13.0. The van der Waals surface area contributed by atoms with E-state index < -0.39 is 18.0 Å². The minimum absolute atomic E-state index is 0.111. The van der Waals surface area contributed by atoms with Gasteiger partial charge in [0.1, 0.15) is 11.8 Å². The van der Waals surface area contributed by atoms with Gasteiger partial charge in [-0.05, 0) is 56.7 Å². The van der Waals surface area contributed by atoms with Crippen molar-refractivity contribution >= 4 is 29.2 Å². The van der Waals surface area contributed by atoms with Crippen molar-refractivity contribution in [2.75, 3.05) is 16.8 Å². The van der Waals surface area contributed by atoms with Gasteiger partial charge >= 0.3 is 6.03 Å². The number of rotatable bonds is 8. The van der Waals surface area contributed by atoms with Crippen molar-refractivity contribution in [1.82, 2.24) is 4.90 Å². The molecule has 0 unspecified atom stereocenters. The number of imide groups is 1.